The Balaban J connectivity index is 2.08. The van der Waals surface area contributed by atoms with E-state index in [9.17, 15) is 9.90 Å². The molecule has 0 saturated carbocycles. The quantitative estimate of drug-likeness (QED) is 0.558. The molecule has 0 radical (unpaired) electrons. The van der Waals surface area contributed by atoms with Crippen LogP contribution in [0, 0.1) is 6.92 Å². The number of aromatic nitrogens is 2. The third-order valence-corrected chi connectivity index (χ3v) is 3.27. The molecule has 2 rings (SSSR count). The van der Waals surface area contributed by atoms with Crippen LogP contribution in [0.4, 0.5) is 0 Å². The molecule has 3 N–H and O–H groups in total. The molecule has 0 saturated heterocycles. The number of nitrogens with zero attached hydrogens (tertiary/aromatic N) is 2. The van der Waals surface area contributed by atoms with Crippen LogP contribution in [0.1, 0.15) is 28.7 Å². The topological polar surface area (TPSA) is 99.6 Å². The zero-order chi connectivity index (χ0) is 16.1. The molecule has 8 heteroatoms. The van der Waals surface area contributed by atoms with Gasteiger partial charge in [-0.25, -0.2) is 5.43 Å². The number of nitrogens with one attached hydrogen (secondary N) is 2. The highest BCUT2D eigenvalue weighted by Gasteiger charge is 2.09. The van der Waals surface area contributed by atoms with Gasteiger partial charge in [0.1, 0.15) is 0 Å². The minimum Gasteiger partial charge on any atom is -0.503 e. The fraction of sp³-hybridized carbons (Fsp3) is 0.214. The number of rotatable bonds is 5. The standard InChI is InChI=1S/C14H15BrN4O3/c1-3-22-12-6-9(5-10(15)13(12)20)7-16-19-14(21)11-4-8(2)17-18-11/h4-7,20H,3H2,1-2H3,(H,17,18)(H,19,21)/b16-7-. The van der Waals surface area contributed by atoms with E-state index >= 15 is 0 Å². The van der Waals surface area contributed by atoms with E-state index in [4.69, 9.17) is 4.74 Å². The number of phenolic OH excluding ortho intramolecular Hbond substituents is 1. The van der Waals surface area contributed by atoms with Crippen molar-refractivity contribution in [1.29, 1.82) is 0 Å². The van der Waals surface area contributed by atoms with Gasteiger partial charge in [-0.1, -0.05) is 0 Å². The van der Waals surface area contributed by atoms with Crippen LogP contribution in [0.25, 0.3) is 0 Å². The van der Waals surface area contributed by atoms with Crippen LogP contribution < -0.4 is 10.2 Å². The molecule has 0 aliphatic rings. The van der Waals surface area contributed by atoms with Gasteiger partial charge in [-0.2, -0.15) is 10.2 Å². The maximum absolute atomic E-state index is 11.8. The maximum Gasteiger partial charge on any atom is 0.291 e. The van der Waals surface area contributed by atoms with E-state index in [1.165, 1.54) is 6.21 Å². The van der Waals surface area contributed by atoms with E-state index in [-0.39, 0.29) is 11.4 Å². The number of halogens is 1. The summed E-state index contributed by atoms with van der Waals surface area (Å²) in [6.45, 7) is 4.05. The second kappa shape index (κ2) is 7.08. The highest BCUT2D eigenvalue weighted by molar-refractivity contribution is 9.10. The average molecular weight is 367 g/mol. The Morgan fingerprint density at radius 2 is 2.32 bits per heavy atom. The first kappa shape index (κ1) is 16.0. The molecule has 0 spiro atoms. The van der Waals surface area contributed by atoms with E-state index in [1.54, 1.807) is 25.1 Å². The van der Waals surface area contributed by atoms with Gasteiger partial charge < -0.3 is 9.84 Å². The number of phenols is 1. The summed E-state index contributed by atoms with van der Waals surface area (Å²) < 4.78 is 5.80. The SMILES string of the molecule is CCOc1cc(/C=N\NC(=O)c2cc(C)[nH]n2)cc(Br)c1O. The molecule has 1 amide bonds. The highest BCUT2D eigenvalue weighted by Crippen LogP contribution is 2.34. The van der Waals surface area contributed by atoms with E-state index in [0.717, 1.165) is 5.69 Å². The number of hydrogen-bond donors (Lipinski definition) is 3. The molecule has 22 heavy (non-hydrogen) atoms. The first-order valence-corrected chi connectivity index (χ1v) is 7.31. The van der Waals surface area contributed by atoms with Crippen LogP contribution in [0.15, 0.2) is 27.8 Å². The Hall–Kier alpha value is -2.35. The van der Waals surface area contributed by atoms with Crippen molar-refractivity contribution in [3.05, 3.63) is 39.6 Å². The number of carbonyl (C=O) groups is 1. The molecule has 0 aliphatic heterocycles. The van der Waals surface area contributed by atoms with Gasteiger partial charge in [-0.15, -0.1) is 0 Å². The Bertz CT molecular complexity index is 712. The summed E-state index contributed by atoms with van der Waals surface area (Å²) >= 11 is 3.23. The van der Waals surface area contributed by atoms with Crippen molar-refractivity contribution in [2.24, 2.45) is 5.10 Å². The highest BCUT2D eigenvalue weighted by atomic mass is 79.9. The van der Waals surface area contributed by atoms with Crippen LogP contribution in [-0.4, -0.2) is 34.0 Å². The second-order valence-corrected chi connectivity index (χ2v) is 5.27. The van der Waals surface area contributed by atoms with Crippen molar-refractivity contribution < 1.29 is 14.6 Å². The number of ether oxygens (including phenoxy) is 1. The smallest absolute Gasteiger partial charge is 0.291 e. The van der Waals surface area contributed by atoms with E-state index in [1.807, 2.05) is 6.92 Å². The summed E-state index contributed by atoms with van der Waals surface area (Å²) in [5, 5.41) is 20.2. The van der Waals surface area contributed by atoms with Gasteiger partial charge >= 0.3 is 0 Å². The number of aromatic amines is 1. The number of amides is 1. The zero-order valence-electron chi connectivity index (χ0n) is 12.1. The van der Waals surface area contributed by atoms with Gasteiger partial charge in [0.05, 0.1) is 17.3 Å². The maximum atomic E-state index is 11.8. The lowest BCUT2D eigenvalue weighted by Gasteiger charge is -2.08. The van der Waals surface area contributed by atoms with Crippen molar-refractivity contribution in [2.75, 3.05) is 6.61 Å². The summed E-state index contributed by atoms with van der Waals surface area (Å²) in [5.41, 5.74) is 4.09. The van der Waals surface area contributed by atoms with Gasteiger partial charge in [0.15, 0.2) is 17.2 Å². The molecular formula is C14H15BrN4O3. The van der Waals surface area contributed by atoms with Crippen molar-refractivity contribution >= 4 is 28.1 Å². The molecular weight excluding hydrogens is 352 g/mol. The number of aryl methyl sites for hydroxylation is 1. The second-order valence-electron chi connectivity index (χ2n) is 4.42. The van der Waals surface area contributed by atoms with Gasteiger partial charge in [-0.05, 0) is 53.5 Å². The fourth-order valence-electron chi connectivity index (χ4n) is 1.69. The summed E-state index contributed by atoms with van der Waals surface area (Å²) in [7, 11) is 0. The molecule has 0 bridgehead atoms. The molecule has 1 heterocycles. The van der Waals surface area contributed by atoms with Crippen molar-refractivity contribution in [2.45, 2.75) is 13.8 Å². The Morgan fingerprint density at radius 3 is 2.95 bits per heavy atom. The average Bonchev–Trinajstić information content (AvgIpc) is 2.91. The largest absolute Gasteiger partial charge is 0.503 e. The first-order chi connectivity index (χ1) is 10.5. The van der Waals surface area contributed by atoms with Gasteiger partial charge in [0.25, 0.3) is 5.91 Å². The van der Waals surface area contributed by atoms with E-state index in [0.29, 0.717) is 22.4 Å². The predicted molar refractivity (Wildman–Crippen MR) is 85.4 cm³/mol. The normalized spacial score (nSPS) is 10.9. The lowest BCUT2D eigenvalue weighted by atomic mass is 10.2. The molecule has 1 aromatic carbocycles. The van der Waals surface area contributed by atoms with Crippen molar-refractivity contribution in [1.82, 2.24) is 15.6 Å². The number of hydrogen-bond acceptors (Lipinski definition) is 5. The number of H-pyrrole nitrogens is 1. The monoisotopic (exact) mass is 366 g/mol. The summed E-state index contributed by atoms with van der Waals surface area (Å²) in [5.74, 6) is -0.0499. The Labute approximate surface area is 135 Å². The minimum atomic E-state index is -0.413. The van der Waals surface area contributed by atoms with E-state index < -0.39 is 5.91 Å². The van der Waals surface area contributed by atoms with E-state index in [2.05, 4.69) is 36.7 Å². The predicted octanol–water partition coefficient (Wildman–Crippen LogP) is 2.35. The minimum absolute atomic E-state index is 0.0232. The number of carbonyl (C=O) groups excluding carboxylic acids is 1. The summed E-state index contributed by atoms with van der Waals surface area (Å²) in [6.07, 6.45) is 1.45. The first-order valence-electron chi connectivity index (χ1n) is 6.52. The van der Waals surface area contributed by atoms with Crippen molar-refractivity contribution in [3.8, 4) is 11.5 Å². The number of benzene rings is 1. The lowest BCUT2D eigenvalue weighted by Crippen LogP contribution is -2.18. The molecule has 2 aromatic rings. The van der Waals surface area contributed by atoms with Gasteiger partial charge in [0, 0.05) is 5.69 Å². The number of hydrazone groups is 1. The van der Waals surface area contributed by atoms with Crippen LogP contribution in [-0.2, 0) is 0 Å². The van der Waals surface area contributed by atoms with Crippen molar-refractivity contribution in [3.63, 3.8) is 0 Å². The van der Waals surface area contributed by atoms with Gasteiger partial charge in [-0.3, -0.25) is 9.89 Å². The van der Waals surface area contributed by atoms with Crippen LogP contribution in [0.3, 0.4) is 0 Å². The molecule has 0 unspecified atom stereocenters. The summed E-state index contributed by atoms with van der Waals surface area (Å²) in [4.78, 5) is 11.8. The third-order valence-electron chi connectivity index (χ3n) is 2.67. The molecule has 0 atom stereocenters. The van der Waals surface area contributed by atoms with Crippen LogP contribution in [0.2, 0.25) is 0 Å². The van der Waals surface area contributed by atoms with Gasteiger partial charge in [0.2, 0.25) is 0 Å². The molecule has 7 nitrogen and oxygen atoms in total. The molecule has 0 aliphatic carbocycles. The zero-order valence-corrected chi connectivity index (χ0v) is 13.6. The molecule has 116 valence electrons. The Morgan fingerprint density at radius 1 is 1.55 bits per heavy atom. The summed E-state index contributed by atoms with van der Waals surface area (Å²) in [6, 6.07) is 4.90. The number of aromatic hydroxyl groups is 1. The Kier molecular flexibility index (Phi) is 5.16. The molecule has 0 fully saturated rings. The third kappa shape index (κ3) is 3.85. The van der Waals surface area contributed by atoms with Crippen LogP contribution >= 0.6 is 15.9 Å². The van der Waals surface area contributed by atoms with Crippen LogP contribution in [0.5, 0.6) is 11.5 Å². The molecule has 1 aromatic heterocycles. The fourth-order valence-corrected chi connectivity index (χ4v) is 2.15. The lowest BCUT2D eigenvalue weighted by molar-refractivity contribution is 0.0950.